The summed E-state index contributed by atoms with van der Waals surface area (Å²) in [4.78, 5) is 0. The van der Waals surface area contributed by atoms with E-state index in [2.05, 4.69) is 40.5 Å². The number of aromatic amines is 1. The molecule has 5 aromatic rings. The Morgan fingerprint density at radius 1 is 0.846 bits per heavy atom. The van der Waals surface area contributed by atoms with E-state index in [-0.39, 0.29) is 5.56 Å². The van der Waals surface area contributed by atoms with Crippen molar-refractivity contribution in [3.63, 3.8) is 0 Å². The minimum atomic E-state index is -0.443. The molecule has 0 saturated carbocycles. The van der Waals surface area contributed by atoms with Crippen LogP contribution in [0.1, 0.15) is 5.56 Å². The number of halogens is 1. The number of H-pyrrole nitrogens is 1. The van der Waals surface area contributed by atoms with Crippen LogP contribution in [0.5, 0.6) is 0 Å². The van der Waals surface area contributed by atoms with Crippen LogP contribution in [0.4, 0.5) is 4.39 Å². The Bertz CT molecular complexity index is 1350. The van der Waals surface area contributed by atoms with Gasteiger partial charge in [-0.25, -0.2) is 4.39 Å². The number of fused-ring (bicyclic) bond motifs is 3. The van der Waals surface area contributed by atoms with Gasteiger partial charge in [-0.05, 0) is 63.3 Å². The molecule has 0 aliphatic rings. The van der Waals surface area contributed by atoms with Gasteiger partial charge in [0.05, 0.1) is 16.8 Å². The summed E-state index contributed by atoms with van der Waals surface area (Å²) in [5.74, 6) is -0.443. The van der Waals surface area contributed by atoms with Gasteiger partial charge < -0.3 is 0 Å². The summed E-state index contributed by atoms with van der Waals surface area (Å²) in [5, 5.41) is 22.2. The third-order valence-corrected chi connectivity index (χ3v) is 4.78. The van der Waals surface area contributed by atoms with E-state index in [4.69, 9.17) is 0 Å². The summed E-state index contributed by atoms with van der Waals surface area (Å²) in [7, 11) is 0. The average Bonchev–Trinajstić information content (AvgIpc) is 3.18. The lowest BCUT2D eigenvalue weighted by Crippen LogP contribution is -1.93. The Hall–Kier alpha value is -3.71. The molecular formula is C22H12FN3. The summed E-state index contributed by atoms with van der Waals surface area (Å²) >= 11 is 0. The van der Waals surface area contributed by atoms with Crippen molar-refractivity contribution in [2.24, 2.45) is 0 Å². The van der Waals surface area contributed by atoms with Crippen molar-refractivity contribution < 1.29 is 4.39 Å². The molecule has 4 heteroatoms. The molecular weight excluding hydrogens is 325 g/mol. The number of nitrogens with one attached hydrogen (secondary N) is 1. The highest BCUT2D eigenvalue weighted by molar-refractivity contribution is 6.07. The molecule has 0 spiro atoms. The molecule has 0 bridgehead atoms. The minimum absolute atomic E-state index is 0.237. The summed E-state index contributed by atoms with van der Waals surface area (Å²) < 4.78 is 14.8. The number of nitriles is 1. The second-order valence-corrected chi connectivity index (χ2v) is 6.30. The van der Waals surface area contributed by atoms with Crippen molar-refractivity contribution in [2.75, 3.05) is 0 Å². The van der Waals surface area contributed by atoms with E-state index in [1.807, 2.05) is 24.3 Å². The molecule has 0 fully saturated rings. The molecule has 0 radical (unpaired) electrons. The van der Waals surface area contributed by atoms with Gasteiger partial charge in [0.25, 0.3) is 0 Å². The van der Waals surface area contributed by atoms with Crippen LogP contribution in [0.15, 0.2) is 66.9 Å². The van der Waals surface area contributed by atoms with E-state index in [1.165, 1.54) is 6.07 Å². The van der Waals surface area contributed by atoms with Crippen molar-refractivity contribution in [2.45, 2.75) is 0 Å². The van der Waals surface area contributed by atoms with Gasteiger partial charge in [-0.2, -0.15) is 10.4 Å². The minimum Gasteiger partial charge on any atom is -0.285 e. The van der Waals surface area contributed by atoms with Crippen LogP contribution in [0, 0.1) is 17.1 Å². The molecule has 0 amide bonds. The Kier molecular flexibility index (Phi) is 3.04. The maximum atomic E-state index is 14.8. The van der Waals surface area contributed by atoms with Crippen LogP contribution in [0.2, 0.25) is 0 Å². The molecule has 1 heterocycles. The Balaban J connectivity index is 1.91. The van der Waals surface area contributed by atoms with Crippen LogP contribution in [-0.2, 0) is 0 Å². The van der Waals surface area contributed by atoms with Crippen LogP contribution in [0.3, 0.4) is 0 Å². The molecule has 5 rings (SSSR count). The molecule has 3 nitrogen and oxygen atoms in total. The Morgan fingerprint density at radius 2 is 1.54 bits per heavy atom. The third-order valence-electron chi connectivity index (χ3n) is 4.78. The van der Waals surface area contributed by atoms with Gasteiger partial charge in [0.15, 0.2) is 0 Å². The number of benzene rings is 4. The third kappa shape index (κ3) is 2.08. The molecule has 1 N–H and O–H groups in total. The largest absolute Gasteiger partial charge is 0.285 e. The number of aromatic nitrogens is 2. The van der Waals surface area contributed by atoms with Crippen LogP contribution >= 0.6 is 0 Å². The fourth-order valence-corrected chi connectivity index (χ4v) is 3.57. The SMILES string of the molecule is N#Cc1c(-c2cc[nH]n2)c(F)cc2cc3cc4ccccc4cc3cc12. The predicted molar refractivity (Wildman–Crippen MR) is 101 cm³/mol. The van der Waals surface area contributed by atoms with Crippen LogP contribution in [-0.4, -0.2) is 10.2 Å². The second-order valence-electron chi connectivity index (χ2n) is 6.30. The van der Waals surface area contributed by atoms with E-state index in [0.717, 1.165) is 26.9 Å². The van der Waals surface area contributed by atoms with E-state index >= 15 is 0 Å². The summed E-state index contributed by atoms with van der Waals surface area (Å²) in [6.45, 7) is 0. The molecule has 0 aliphatic carbocycles. The number of rotatable bonds is 1. The molecule has 26 heavy (non-hydrogen) atoms. The van der Waals surface area contributed by atoms with Crippen LogP contribution < -0.4 is 0 Å². The first kappa shape index (κ1) is 14.6. The smallest absolute Gasteiger partial charge is 0.134 e. The highest BCUT2D eigenvalue weighted by Crippen LogP contribution is 2.35. The van der Waals surface area contributed by atoms with Crippen molar-refractivity contribution >= 4 is 32.3 Å². The summed E-state index contributed by atoms with van der Waals surface area (Å²) in [6, 6.07) is 21.5. The van der Waals surface area contributed by atoms with Crippen LogP contribution in [0.25, 0.3) is 43.6 Å². The van der Waals surface area contributed by atoms with Crippen molar-refractivity contribution in [3.05, 3.63) is 78.2 Å². The first-order chi connectivity index (χ1) is 12.7. The molecule has 4 aromatic carbocycles. The Morgan fingerprint density at radius 3 is 2.19 bits per heavy atom. The second kappa shape index (κ2) is 5.40. The van der Waals surface area contributed by atoms with E-state index in [1.54, 1.807) is 12.3 Å². The van der Waals surface area contributed by atoms with E-state index in [0.29, 0.717) is 16.6 Å². The number of hydrogen-bond acceptors (Lipinski definition) is 2. The van der Waals surface area contributed by atoms with Gasteiger partial charge in [0.1, 0.15) is 11.9 Å². The monoisotopic (exact) mass is 337 g/mol. The predicted octanol–water partition coefficient (Wildman–Crippen LogP) is 5.55. The normalized spacial score (nSPS) is 11.2. The maximum absolute atomic E-state index is 14.8. The fraction of sp³-hybridized carbons (Fsp3) is 0. The Labute approximate surface area is 148 Å². The lowest BCUT2D eigenvalue weighted by Gasteiger charge is -2.10. The topological polar surface area (TPSA) is 52.5 Å². The molecule has 0 unspecified atom stereocenters. The fourth-order valence-electron chi connectivity index (χ4n) is 3.57. The standard InChI is InChI=1S/C22H12FN3/c23-20-11-17-9-15-7-13-3-1-2-4-14(13)8-16(15)10-18(17)19(12-24)22(20)21-5-6-25-26-21/h1-11H,(H,25,26). The lowest BCUT2D eigenvalue weighted by molar-refractivity contribution is 0.632. The summed E-state index contributed by atoms with van der Waals surface area (Å²) in [5.41, 5.74) is 0.975. The summed E-state index contributed by atoms with van der Waals surface area (Å²) in [6.07, 6.45) is 1.62. The van der Waals surface area contributed by atoms with Gasteiger partial charge in [-0.15, -0.1) is 0 Å². The van der Waals surface area contributed by atoms with Gasteiger partial charge in [-0.1, -0.05) is 24.3 Å². The lowest BCUT2D eigenvalue weighted by atomic mass is 9.93. The molecule has 0 saturated heterocycles. The van der Waals surface area contributed by atoms with Gasteiger partial charge in [0.2, 0.25) is 0 Å². The van der Waals surface area contributed by atoms with E-state index < -0.39 is 5.82 Å². The molecule has 122 valence electrons. The first-order valence-corrected chi connectivity index (χ1v) is 8.23. The van der Waals surface area contributed by atoms with Gasteiger partial charge >= 0.3 is 0 Å². The molecule has 1 aromatic heterocycles. The zero-order chi connectivity index (χ0) is 17.7. The zero-order valence-electron chi connectivity index (χ0n) is 13.6. The van der Waals surface area contributed by atoms with Crippen molar-refractivity contribution in [3.8, 4) is 17.3 Å². The molecule has 0 aliphatic heterocycles. The zero-order valence-corrected chi connectivity index (χ0v) is 13.6. The number of nitrogens with zero attached hydrogens (tertiary/aromatic N) is 2. The van der Waals surface area contributed by atoms with Crippen molar-refractivity contribution in [1.82, 2.24) is 10.2 Å². The highest BCUT2D eigenvalue weighted by Gasteiger charge is 2.17. The quantitative estimate of drug-likeness (QED) is 0.408. The number of hydrogen-bond donors (Lipinski definition) is 1. The highest BCUT2D eigenvalue weighted by atomic mass is 19.1. The maximum Gasteiger partial charge on any atom is 0.134 e. The first-order valence-electron chi connectivity index (χ1n) is 8.23. The van der Waals surface area contributed by atoms with Gasteiger partial charge in [0, 0.05) is 11.6 Å². The molecule has 0 atom stereocenters. The average molecular weight is 337 g/mol. The van der Waals surface area contributed by atoms with E-state index in [9.17, 15) is 9.65 Å². The van der Waals surface area contributed by atoms with Crippen molar-refractivity contribution in [1.29, 1.82) is 5.26 Å². The van der Waals surface area contributed by atoms with Gasteiger partial charge in [-0.3, -0.25) is 5.10 Å².